The number of alkyl halides is 3. The molecule has 0 aromatic heterocycles. The van der Waals surface area contributed by atoms with Crippen molar-refractivity contribution in [3.63, 3.8) is 0 Å². The summed E-state index contributed by atoms with van der Waals surface area (Å²) in [7, 11) is 0. The van der Waals surface area contributed by atoms with Crippen LogP contribution in [0.15, 0.2) is 78.6 Å². The maximum absolute atomic E-state index is 12.7. The van der Waals surface area contributed by atoms with E-state index in [0.717, 1.165) is 10.8 Å². The van der Waals surface area contributed by atoms with Crippen LogP contribution in [0.5, 0.6) is 5.75 Å². The molecule has 10 heteroatoms. The van der Waals surface area contributed by atoms with Crippen molar-refractivity contribution in [2.45, 2.75) is 6.18 Å². The lowest BCUT2D eigenvalue weighted by atomic mass is 10.1. The summed E-state index contributed by atoms with van der Waals surface area (Å²) in [6, 6.07) is 20.1. The van der Waals surface area contributed by atoms with E-state index in [1.165, 1.54) is 0 Å². The first-order valence-electron chi connectivity index (χ1n) is 9.46. The minimum Gasteiger partial charge on any atom is -0.488 e. The van der Waals surface area contributed by atoms with E-state index in [4.69, 9.17) is 20.4 Å². The number of carbonyl (C=O) groups excluding carboxylic acids is 1. The van der Waals surface area contributed by atoms with Crippen LogP contribution in [0.3, 0.4) is 0 Å². The predicted molar refractivity (Wildman–Crippen MR) is 116 cm³/mol. The van der Waals surface area contributed by atoms with Gasteiger partial charge in [0.15, 0.2) is 0 Å². The highest BCUT2D eigenvalue weighted by molar-refractivity contribution is 6.10. The molecule has 0 radical (unpaired) electrons. The van der Waals surface area contributed by atoms with Gasteiger partial charge in [-0.25, -0.2) is 9.18 Å². The summed E-state index contributed by atoms with van der Waals surface area (Å²) in [5, 5.41) is 11.7. The Morgan fingerprint density at radius 1 is 0.970 bits per heavy atom. The monoisotopic (exact) mass is 464 g/mol. The molecule has 0 atom stereocenters. The van der Waals surface area contributed by atoms with E-state index in [1.54, 1.807) is 24.3 Å². The molecule has 0 unspecified atom stereocenters. The number of carbonyl (C=O) groups is 2. The van der Waals surface area contributed by atoms with Gasteiger partial charge in [0.2, 0.25) is 0 Å². The molecule has 3 aromatic carbocycles. The van der Waals surface area contributed by atoms with Crippen molar-refractivity contribution in [2.24, 2.45) is 5.73 Å². The van der Waals surface area contributed by atoms with Crippen LogP contribution in [0.2, 0.25) is 0 Å². The molecular weight excluding hydrogens is 444 g/mol. The Kier molecular flexibility index (Phi) is 8.93. The van der Waals surface area contributed by atoms with Crippen molar-refractivity contribution in [2.75, 3.05) is 18.5 Å². The van der Waals surface area contributed by atoms with Gasteiger partial charge in [-0.2, -0.15) is 13.2 Å². The third-order valence-corrected chi connectivity index (χ3v) is 4.24. The van der Waals surface area contributed by atoms with Crippen molar-refractivity contribution < 1.29 is 37.0 Å². The van der Waals surface area contributed by atoms with Crippen LogP contribution in [-0.4, -0.2) is 36.3 Å². The molecule has 0 saturated carbocycles. The number of nitrogens with one attached hydrogen (secondary N) is 1. The molecule has 0 aliphatic carbocycles. The highest BCUT2D eigenvalue weighted by Gasteiger charge is 2.38. The first-order valence-corrected chi connectivity index (χ1v) is 9.46. The van der Waals surface area contributed by atoms with Gasteiger partial charge in [0.25, 0.3) is 5.91 Å². The van der Waals surface area contributed by atoms with Crippen LogP contribution in [0.4, 0.5) is 23.2 Å². The number of halogens is 4. The maximum atomic E-state index is 12.7. The molecule has 1 amide bonds. The molecule has 0 aliphatic rings. The zero-order chi connectivity index (χ0) is 24.4. The number of rotatable bonds is 6. The summed E-state index contributed by atoms with van der Waals surface area (Å²) < 4.78 is 50.1. The van der Waals surface area contributed by atoms with Gasteiger partial charge in [-0.3, -0.25) is 4.79 Å². The highest BCUT2D eigenvalue weighted by Crippen LogP contribution is 2.32. The first-order chi connectivity index (χ1) is 15.7. The molecule has 0 fully saturated rings. The number of hydrogen-bond donors (Lipinski definition) is 3. The summed E-state index contributed by atoms with van der Waals surface area (Å²) in [6.07, 6.45) is -4.61. The Morgan fingerprint density at radius 2 is 1.55 bits per heavy atom. The molecule has 4 N–H and O–H groups in total. The average Bonchev–Trinajstić information content (AvgIpc) is 2.81. The van der Waals surface area contributed by atoms with Crippen LogP contribution in [0.25, 0.3) is 10.8 Å². The van der Waals surface area contributed by atoms with Crippen molar-refractivity contribution >= 4 is 28.3 Å². The summed E-state index contributed by atoms with van der Waals surface area (Å²) >= 11 is 0. The van der Waals surface area contributed by atoms with Crippen molar-refractivity contribution in [1.82, 2.24) is 0 Å². The minimum atomic E-state index is -5.08. The minimum absolute atomic E-state index is 0.0761. The van der Waals surface area contributed by atoms with E-state index >= 15 is 0 Å². The number of carboxylic acid groups (broad SMARTS) is 1. The van der Waals surface area contributed by atoms with Crippen molar-refractivity contribution in [3.8, 4) is 5.75 Å². The van der Waals surface area contributed by atoms with E-state index in [9.17, 15) is 22.4 Å². The number of fused-ring (bicyclic) bond motifs is 1. The molecule has 33 heavy (non-hydrogen) atoms. The zero-order valence-electron chi connectivity index (χ0n) is 17.1. The fourth-order valence-electron chi connectivity index (χ4n) is 2.60. The smallest absolute Gasteiger partial charge is 0.488 e. The van der Waals surface area contributed by atoms with Gasteiger partial charge in [-0.15, -0.1) is 0 Å². The number of benzene rings is 3. The Labute approximate surface area is 186 Å². The zero-order valence-corrected chi connectivity index (χ0v) is 17.1. The molecule has 174 valence electrons. The fourth-order valence-corrected chi connectivity index (χ4v) is 2.60. The van der Waals surface area contributed by atoms with E-state index in [-0.39, 0.29) is 19.1 Å². The summed E-state index contributed by atoms with van der Waals surface area (Å²) in [6.45, 7) is 0.173. The lowest BCUT2D eigenvalue weighted by Gasteiger charge is -2.14. The second-order valence-corrected chi connectivity index (χ2v) is 6.54. The largest absolute Gasteiger partial charge is 0.490 e. The Morgan fingerprint density at radius 3 is 2.09 bits per heavy atom. The first kappa shape index (κ1) is 25.3. The van der Waals surface area contributed by atoms with E-state index in [0.29, 0.717) is 28.9 Å². The van der Waals surface area contributed by atoms with Crippen LogP contribution < -0.4 is 15.8 Å². The summed E-state index contributed by atoms with van der Waals surface area (Å²) in [5.41, 5.74) is 7.09. The standard InChI is InChI=1S/C21H19FN2O2.C2HF3O2/c22-12-15(13-23)14-26-20-11-10-19(17-8-4-5-9-18(17)20)24-21(25)16-6-2-1-3-7-16;3-2(4,5)1(6)7/h1-12H,13-14,23H2,(H,24,25);(H,6,7). The molecule has 0 saturated heterocycles. The van der Waals surface area contributed by atoms with Gasteiger partial charge < -0.3 is 20.9 Å². The number of anilines is 1. The number of aliphatic carboxylic acids is 1. The topological polar surface area (TPSA) is 102 Å². The number of carboxylic acids is 1. The average molecular weight is 464 g/mol. The van der Waals surface area contributed by atoms with Crippen molar-refractivity contribution in [1.29, 1.82) is 0 Å². The Balaban J connectivity index is 0.000000479. The van der Waals surface area contributed by atoms with Gasteiger partial charge in [0.1, 0.15) is 12.4 Å². The number of hydrogen-bond acceptors (Lipinski definition) is 4. The van der Waals surface area contributed by atoms with E-state index in [1.807, 2.05) is 42.5 Å². The third kappa shape index (κ3) is 7.32. The fraction of sp³-hybridized carbons (Fsp3) is 0.130. The van der Waals surface area contributed by atoms with Crippen molar-refractivity contribution in [3.05, 3.63) is 84.2 Å². The summed E-state index contributed by atoms with van der Waals surface area (Å²) in [5.74, 6) is -2.34. The van der Waals surface area contributed by atoms with Gasteiger partial charge in [0, 0.05) is 34.1 Å². The second-order valence-electron chi connectivity index (χ2n) is 6.54. The molecule has 0 heterocycles. The number of amides is 1. The normalized spacial score (nSPS) is 11.4. The summed E-state index contributed by atoms with van der Waals surface area (Å²) in [4.78, 5) is 21.3. The Bertz CT molecular complexity index is 1130. The van der Waals surface area contributed by atoms with Gasteiger partial charge in [-0.05, 0) is 24.3 Å². The van der Waals surface area contributed by atoms with Crippen LogP contribution in [0.1, 0.15) is 10.4 Å². The number of ether oxygens (including phenoxy) is 1. The lowest BCUT2D eigenvalue weighted by Crippen LogP contribution is -2.21. The van der Waals surface area contributed by atoms with Crippen LogP contribution in [-0.2, 0) is 4.79 Å². The van der Waals surface area contributed by atoms with E-state index in [2.05, 4.69) is 5.32 Å². The highest BCUT2D eigenvalue weighted by atomic mass is 19.4. The predicted octanol–water partition coefficient (Wildman–Crippen LogP) is 4.92. The third-order valence-electron chi connectivity index (χ3n) is 4.24. The molecule has 3 aromatic rings. The molecule has 0 aliphatic heterocycles. The molecule has 0 bridgehead atoms. The molecule has 0 spiro atoms. The maximum Gasteiger partial charge on any atom is 0.490 e. The molecule has 3 rings (SSSR count). The van der Waals surface area contributed by atoms with Gasteiger partial charge in [-0.1, -0.05) is 42.5 Å². The molecule has 6 nitrogen and oxygen atoms in total. The second kappa shape index (κ2) is 11.6. The van der Waals surface area contributed by atoms with Gasteiger partial charge >= 0.3 is 12.1 Å². The van der Waals surface area contributed by atoms with Crippen LogP contribution in [0, 0.1) is 0 Å². The SMILES string of the molecule is NCC(=CF)COc1ccc(NC(=O)c2ccccc2)c2ccccc12.O=C(O)C(F)(F)F. The number of nitrogens with two attached hydrogens (primary N) is 1. The van der Waals surface area contributed by atoms with Crippen LogP contribution >= 0.6 is 0 Å². The van der Waals surface area contributed by atoms with Gasteiger partial charge in [0.05, 0.1) is 6.33 Å². The quantitative estimate of drug-likeness (QED) is 0.450. The molecular formula is C23H20F4N2O4. The van der Waals surface area contributed by atoms with E-state index < -0.39 is 12.1 Å². The Hall–Kier alpha value is -3.92. The lowest BCUT2D eigenvalue weighted by molar-refractivity contribution is -0.192.